The summed E-state index contributed by atoms with van der Waals surface area (Å²) in [6.45, 7) is 3.55. The Morgan fingerprint density at radius 2 is 1.43 bits per heavy atom. The van der Waals surface area contributed by atoms with Crippen LogP contribution in [0.2, 0.25) is 0 Å². The molecule has 7 nitrogen and oxygen atoms in total. The first-order valence-corrected chi connectivity index (χ1v) is 10.1. The van der Waals surface area contributed by atoms with E-state index in [1.807, 2.05) is 6.92 Å². The number of carbonyl (C=O) groups excluding carboxylic acids is 2. The van der Waals surface area contributed by atoms with Crippen molar-refractivity contribution in [1.29, 1.82) is 0 Å². The normalized spacial score (nSPS) is 20.2. The molecular weight excluding hydrogens is 318 g/mol. The van der Waals surface area contributed by atoms with Crippen LogP contribution in [0.3, 0.4) is 0 Å². The minimum atomic E-state index is -3.16. The van der Waals surface area contributed by atoms with Crippen molar-refractivity contribution in [2.24, 2.45) is 11.8 Å². The van der Waals surface area contributed by atoms with Gasteiger partial charge >= 0.3 is 0 Å². The minimum Gasteiger partial charge on any atom is -0.354 e. The minimum absolute atomic E-state index is 0.0433. The van der Waals surface area contributed by atoms with Crippen LogP contribution in [0.1, 0.15) is 39.0 Å². The molecule has 132 valence electrons. The number of sulfonamides is 1. The van der Waals surface area contributed by atoms with Gasteiger partial charge in [0.05, 0.1) is 5.75 Å². The zero-order valence-corrected chi connectivity index (χ0v) is 14.5. The smallest absolute Gasteiger partial charge is 0.223 e. The summed E-state index contributed by atoms with van der Waals surface area (Å²) >= 11 is 0. The first-order chi connectivity index (χ1) is 10.9. The van der Waals surface area contributed by atoms with E-state index in [1.54, 1.807) is 0 Å². The fraction of sp³-hybridized carbons (Fsp3) is 0.867. The van der Waals surface area contributed by atoms with Crippen molar-refractivity contribution >= 4 is 21.8 Å². The summed E-state index contributed by atoms with van der Waals surface area (Å²) in [5, 5.41) is 5.63. The molecule has 0 aromatic carbocycles. The van der Waals surface area contributed by atoms with Crippen LogP contribution >= 0.6 is 0 Å². The Morgan fingerprint density at radius 1 is 0.957 bits per heavy atom. The Bertz CT molecular complexity index is 523. The van der Waals surface area contributed by atoms with Gasteiger partial charge in [0.2, 0.25) is 21.8 Å². The van der Waals surface area contributed by atoms with Crippen LogP contribution < -0.4 is 10.6 Å². The lowest BCUT2D eigenvalue weighted by Gasteiger charge is -2.30. The van der Waals surface area contributed by atoms with Gasteiger partial charge in [0.15, 0.2) is 0 Å². The molecule has 2 amide bonds. The molecule has 0 unspecified atom stereocenters. The second kappa shape index (κ2) is 8.10. The maximum absolute atomic E-state index is 12.1. The second-order valence-electron chi connectivity index (χ2n) is 6.35. The van der Waals surface area contributed by atoms with Crippen LogP contribution in [-0.2, 0) is 19.6 Å². The summed E-state index contributed by atoms with van der Waals surface area (Å²) in [5.74, 6) is 0.249. The number of nitrogens with one attached hydrogen (secondary N) is 2. The molecule has 0 bridgehead atoms. The molecule has 0 radical (unpaired) electrons. The zero-order valence-electron chi connectivity index (χ0n) is 13.7. The summed E-state index contributed by atoms with van der Waals surface area (Å²) in [6.07, 6.45) is 3.66. The van der Waals surface area contributed by atoms with E-state index >= 15 is 0 Å². The van der Waals surface area contributed by atoms with Gasteiger partial charge in [-0.2, -0.15) is 0 Å². The highest BCUT2D eigenvalue weighted by molar-refractivity contribution is 7.89. The van der Waals surface area contributed by atoms with Gasteiger partial charge in [0, 0.05) is 38.0 Å². The number of hydrogen-bond acceptors (Lipinski definition) is 4. The van der Waals surface area contributed by atoms with Gasteiger partial charge in [0.1, 0.15) is 0 Å². The molecule has 2 N–H and O–H groups in total. The predicted molar refractivity (Wildman–Crippen MR) is 87.1 cm³/mol. The van der Waals surface area contributed by atoms with Crippen LogP contribution in [0.25, 0.3) is 0 Å². The molecule has 23 heavy (non-hydrogen) atoms. The monoisotopic (exact) mass is 345 g/mol. The fourth-order valence-corrected chi connectivity index (χ4v) is 4.33. The Hall–Kier alpha value is -1.15. The van der Waals surface area contributed by atoms with E-state index in [4.69, 9.17) is 0 Å². The van der Waals surface area contributed by atoms with Crippen molar-refractivity contribution in [1.82, 2.24) is 14.9 Å². The lowest BCUT2D eigenvalue weighted by Crippen LogP contribution is -2.44. The summed E-state index contributed by atoms with van der Waals surface area (Å²) in [6, 6.07) is 0. The molecule has 1 aliphatic carbocycles. The maximum Gasteiger partial charge on any atom is 0.223 e. The SMILES string of the molecule is CCCS(=O)(=O)N1CCC(C(=O)NCCNC(=O)C2CC2)CC1. The molecule has 1 aliphatic heterocycles. The molecule has 1 saturated heterocycles. The molecule has 0 spiro atoms. The maximum atomic E-state index is 12.1. The van der Waals surface area contributed by atoms with E-state index in [9.17, 15) is 18.0 Å². The van der Waals surface area contributed by atoms with Crippen molar-refractivity contribution in [2.75, 3.05) is 31.9 Å². The highest BCUT2D eigenvalue weighted by atomic mass is 32.2. The zero-order chi connectivity index (χ0) is 16.9. The number of piperidine rings is 1. The summed E-state index contributed by atoms with van der Waals surface area (Å²) in [7, 11) is -3.16. The molecule has 0 aromatic rings. The molecule has 8 heteroatoms. The summed E-state index contributed by atoms with van der Waals surface area (Å²) in [5.41, 5.74) is 0. The molecular formula is C15H27N3O4S. The van der Waals surface area contributed by atoms with E-state index in [2.05, 4.69) is 10.6 Å². The Kier molecular flexibility index (Phi) is 6.41. The molecule has 0 aromatic heterocycles. The number of hydrogen-bond donors (Lipinski definition) is 2. The van der Waals surface area contributed by atoms with Crippen molar-refractivity contribution in [3.05, 3.63) is 0 Å². The van der Waals surface area contributed by atoms with Crippen molar-refractivity contribution in [3.63, 3.8) is 0 Å². The van der Waals surface area contributed by atoms with E-state index in [0.29, 0.717) is 45.4 Å². The van der Waals surface area contributed by atoms with Crippen LogP contribution in [0.4, 0.5) is 0 Å². The van der Waals surface area contributed by atoms with Gasteiger partial charge < -0.3 is 10.6 Å². The molecule has 1 saturated carbocycles. The quantitative estimate of drug-likeness (QED) is 0.609. The highest BCUT2D eigenvalue weighted by Gasteiger charge is 2.31. The number of nitrogens with zero attached hydrogens (tertiary/aromatic N) is 1. The Balaban J connectivity index is 1.64. The van der Waals surface area contributed by atoms with Crippen LogP contribution in [0.15, 0.2) is 0 Å². The number of carbonyl (C=O) groups is 2. The number of rotatable bonds is 8. The lowest BCUT2D eigenvalue weighted by atomic mass is 9.97. The average Bonchev–Trinajstić information content (AvgIpc) is 3.36. The van der Waals surface area contributed by atoms with Gasteiger partial charge in [-0.25, -0.2) is 12.7 Å². The van der Waals surface area contributed by atoms with E-state index in [1.165, 1.54) is 4.31 Å². The van der Waals surface area contributed by atoms with E-state index < -0.39 is 10.0 Å². The fourth-order valence-electron chi connectivity index (χ4n) is 2.79. The highest BCUT2D eigenvalue weighted by Crippen LogP contribution is 2.28. The summed E-state index contributed by atoms with van der Waals surface area (Å²) < 4.78 is 25.5. The van der Waals surface area contributed by atoms with Crippen LogP contribution in [-0.4, -0.2) is 56.5 Å². The first kappa shape index (κ1) is 18.2. The van der Waals surface area contributed by atoms with Gasteiger partial charge in [-0.15, -0.1) is 0 Å². The Morgan fingerprint density at radius 3 is 1.87 bits per heavy atom. The van der Waals surface area contributed by atoms with Gasteiger partial charge in [-0.05, 0) is 32.1 Å². The Labute approximate surface area is 138 Å². The average molecular weight is 345 g/mol. The van der Waals surface area contributed by atoms with Crippen molar-refractivity contribution in [3.8, 4) is 0 Å². The van der Waals surface area contributed by atoms with Gasteiger partial charge in [-0.1, -0.05) is 6.92 Å². The largest absolute Gasteiger partial charge is 0.354 e. The third kappa shape index (κ3) is 5.46. The predicted octanol–water partition coefficient (Wildman–Crippen LogP) is 0.0806. The van der Waals surface area contributed by atoms with Crippen LogP contribution in [0, 0.1) is 11.8 Å². The van der Waals surface area contributed by atoms with Crippen LogP contribution in [0.5, 0.6) is 0 Å². The van der Waals surface area contributed by atoms with Crippen molar-refractivity contribution in [2.45, 2.75) is 39.0 Å². The standard InChI is InChI=1S/C15H27N3O4S/c1-2-11-23(21,22)18-9-5-13(6-10-18)15(20)17-8-7-16-14(19)12-3-4-12/h12-13H,2-11H2,1H3,(H,16,19)(H,17,20). The summed E-state index contributed by atoms with van der Waals surface area (Å²) in [4.78, 5) is 23.5. The molecule has 1 heterocycles. The van der Waals surface area contributed by atoms with Gasteiger partial charge in [-0.3, -0.25) is 9.59 Å². The topological polar surface area (TPSA) is 95.6 Å². The second-order valence-corrected chi connectivity index (χ2v) is 8.43. The lowest BCUT2D eigenvalue weighted by molar-refractivity contribution is -0.126. The molecule has 2 aliphatic rings. The third-order valence-electron chi connectivity index (χ3n) is 4.35. The molecule has 2 rings (SSSR count). The molecule has 2 fully saturated rings. The third-order valence-corrected chi connectivity index (χ3v) is 6.43. The van der Waals surface area contributed by atoms with E-state index in [-0.39, 0.29) is 29.4 Å². The molecule has 0 atom stereocenters. The van der Waals surface area contributed by atoms with Crippen molar-refractivity contribution < 1.29 is 18.0 Å². The van der Waals surface area contributed by atoms with E-state index in [0.717, 1.165) is 12.8 Å². The van der Waals surface area contributed by atoms with Gasteiger partial charge in [0.25, 0.3) is 0 Å². The number of amides is 2. The first-order valence-electron chi connectivity index (χ1n) is 8.47.